The molecule has 0 radical (unpaired) electrons. The fourth-order valence-electron chi connectivity index (χ4n) is 2.63. The van der Waals surface area contributed by atoms with E-state index in [-0.39, 0.29) is 11.8 Å². The molecule has 6 nitrogen and oxygen atoms in total. The number of aromatic carboxylic acids is 1. The maximum Gasteiger partial charge on any atom is 0.358 e. The van der Waals surface area contributed by atoms with E-state index in [1.54, 1.807) is 4.68 Å². The molecule has 0 saturated carbocycles. The highest BCUT2D eigenvalue weighted by Crippen LogP contribution is 2.23. The molecule has 110 valence electrons. The molecule has 1 unspecified atom stereocenters. The van der Waals surface area contributed by atoms with Crippen molar-refractivity contribution in [3.63, 3.8) is 0 Å². The molecule has 1 aromatic carbocycles. The second-order valence-corrected chi connectivity index (χ2v) is 5.10. The van der Waals surface area contributed by atoms with Crippen LogP contribution in [-0.4, -0.2) is 38.8 Å². The molecule has 0 bridgehead atoms. The van der Waals surface area contributed by atoms with Crippen LogP contribution in [0.15, 0.2) is 30.3 Å². The lowest BCUT2D eigenvalue weighted by atomic mass is 10.1. The normalized spacial score (nSPS) is 18.0. The fraction of sp³-hybridized carbons (Fsp3) is 0.400. The van der Waals surface area contributed by atoms with Crippen molar-refractivity contribution in [1.82, 2.24) is 15.0 Å². The summed E-state index contributed by atoms with van der Waals surface area (Å²) in [7, 11) is 0. The topological polar surface area (TPSA) is 77.2 Å². The van der Waals surface area contributed by atoms with Gasteiger partial charge in [0, 0.05) is 18.7 Å². The second-order valence-electron chi connectivity index (χ2n) is 5.10. The molecule has 3 rings (SSSR count). The number of carboxylic acid groups (broad SMARTS) is 1. The third kappa shape index (κ3) is 2.95. The molecule has 2 aromatic rings. The smallest absolute Gasteiger partial charge is 0.358 e. The number of benzene rings is 1. The summed E-state index contributed by atoms with van der Waals surface area (Å²) in [5.74, 6) is -1.06. The van der Waals surface area contributed by atoms with Gasteiger partial charge in [-0.05, 0) is 19.3 Å². The van der Waals surface area contributed by atoms with Crippen LogP contribution in [0.25, 0.3) is 11.3 Å². The molecule has 6 heteroatoms. The van der Waals surface area contributed by atoms with Crippen LogP contribution >= 0.6 is 0 Å². The minimum Gasteiger partial charge on any atom is -0.476 e. The van der Waals surface area contributed by atoms with Crippen molar-refractivity contribution in [1.29, 1.82) is 0 Å². The molecule has 21 heavy (non-hydrogen) atoms. The van der Waals surface area contributed by atoms with Gasteiger partial charge in [0.15, 0.2) is 5.69 Å². The van der Waals surface area contributed by atoms with Crippen molar-refractivity contribution < 1.29 is 14.6 Å². The van der Waals surface area contributed by atoms with Crippen LogP contribution in [-0.2, 0) is 11.3 Å². The summed E-state index contributed by atoms with van der Waals surface area (Å²) < 4.78 is 7.26. The van der Waals surface area contributed by atoms with E-state index in [9.17, 15) is 9.90 Å². The minimum absolute atomic E-state index is 0.00598. The van der Waals surface area contributed by atoms with Crippen molar-refractivity contribution >= 4 is 5.97 Å². The van der Waals surface area contributed by atoms with Crippen molar-refractivity contribution in [2.75, 3.05) is 6.61 Å². The number of nitrogens with zero attached hydrogens (tertiary/aromatic N) is 3. The molecule has 1 aromatic heterocycles. The van der Waals surface area contributed by atoms with Gasteiger partial charge in [-0.15, -0.1) is 5.10 Å². The van der Waals surface area contributed by atoms with E-state index in [4.69, 9.17) is 4.74 Å². The van der Waals surface area contributed by atoms with E-state index in [1.165, 1.54) is 0 Å². The van der Waals surface area contributed by atoms with Crippen LogP contribution < -0.4 is 0 Å². The molecule has 0 amide bonds. The van der Waals surface area contributed by atoms with E-state index in [0.717, 1.165) is 31.4 Å². The Morgan fingerprint density at radius 3 is 2.86 bits per heavy atom. The van der Waals surface area contributed by atoms with Gasteiger partial charge in [0.2, 0.25) is 0 Å². The van der Waals surface area contributed by atoms with Crippen LogP contribution in [0, 0.1) is 0 Å². The van der Waals surface area contributed by atoms with Crippen LogP contribution in [0.1, 0.15) is 29.8 Å². The first-order valence-corrected chi connectivity index (χ1v) is 7.09. The second kappa shape index (κ2) is 6.05. The van der Waals surface area contributed by atoms with E-state index < -0.39 is 5.97 Å². The largest absolute Gasteiger partial charge is 0.476 e. The number of hydrogen-bond acceptors (Lipinski definition) is 4. The van der Waals surface area contributed by atoms with E-state index >= 15 is 0 Å². The van der Waals surface area contributed by atoms with Gasteiger partial charge in [-0.3, -0.25) is 0 Å². The molecule has 1 aliphatic heterocycles. The molecule has 1 atom stereocenters. The number of aryl methyl sites for hydroxylation is 1. The Hall–Kier alpha value is -2.21. The van der Waals surface area contributed by atoms with Crippen LogP contribution in [0.3, 0.4) is 0 Å². The zero-order valence-corrected chi connectivity index (χ0v) is 11.6. The zero-order valence-electron chi connectivity index (χ0n) is 11.6. The first-order valence-electron chi connectivity index (χ1n) is 7.09. The molecular formula is C15H17N3O3. The minimum atomic E-state index is -1.06. The van der Waals surface area contributed by atoms with Crippen LogP contribution in [0.2, 0.25) is 0 Å². The van der Waals surface area contributed by atoms with Gasteiger partial charge in [0.05, 0.1) is 6.10 Å². The monoisotopic (exact) mass is 287 g/mol. The average molecular weight is 287 g/mol. The fourth-order valence-corrected chi connectivity index (χ4v) is 2.63. The van der Waals surface area contributed by atoms with Gasteiger partial charge in [0.25, 0.3) is 0 Å². The van der Waals surface area contributed by atoms with Crippen LogP contribution in [0.4, 0.5) is 0 Å². The van der Waals surface area contributed by atoms with Gasteiger partial charge < -0.3 is 9.84 Å². The van der Waals surface area contributed by atoms with Crippen molar-refractivity contribution in [2.24, 2.45) is 0 Å². The Morgan fingerprint density at radius 1 is 1.38 bits per heavy atom. The molecule has 2 heterocycles. The van der Waals surface area contributed by atoms with Crippen molar-refractivity contribution in [3.05, 3.63) is 36.0 Å². The summed E-state index contributed by atoms with van der Waals surface area (Å²) in [5, 5.41) is 17.1. The number of carboxylic acids is 1. The van der Waals surface area contributed by atoms with E-state index in [0.29, 0.717) is 12.2 Å². The van der Waals surface area contributed by atoms with E-state index in [2.05, 4.69) is 10.3 Å². The Balaban J connectivity index is 1.87. The lowest BCUT2D eigenvalue weighted by Gasteiger charge is -2.11. The summed E-state index contributed by atoms with van der Waals surface area (Å²) in [5.41, 5.74) is 1.36. The summed E-state index contributed by atoms with van der Waals surface area (Å²) in [6, 6.07) is 9.38. The summed E-state index contributed by atoms with van der Waals surface area (Å²) in [6.07, 6.45) is 3.21. The maximum atomic E-state index is 11.3. The number of hydrogen-bond donors (Lipinski definition) is 1. The third-order valence-electron chi connectivity index (χ3n) is 3.67. The van der Waals surface area contributed by atoms with E-state index in [1.807, 2.05) is 30.3 Å². The summed E-state index contributed by atoms with van der Waals surface area (Å²) in [6.45, 7) is 1.42. The first-order chi connectivity index (χ1) is 10.3. The number of aromatic nitrogens is 3. The summed E-state index contributed by atoms with van der Waals surface area (Å²) >= 11 is 0. The molecule has 0 aliphatic carbocycles. The van der Waals surface area contributed by atoms with Gasteiger partial charge in [-0.2, -0.15) is 0 Å². The number of carbonyl (C=O) groups is 1. The van der Waals surface area contributed by atoms with Gasteiger partial charge in [-0.1, -0.05) is 35.5 Å². The average Bonchev–Trinajstić information content (AvgIpc) is 3.15. The Kier molecular flexibility index (Phi) is 3.96. The molecule has 1 saturated heterocycles. The molecule has 1 N–H and O–H groups in total. The quantitative estimate of drug-likeness (QED) is 0.912. The lowest BCUT2D eigenvalue weighted by Crippen LogP contribution is -2.12. The molecule has 1 aliphatic rings. The van der Waals surface area contributed by atoms with Crippen molar-refractivity contribution in [2.45, 2.75) is 31.9 Å². The predicted molar refractivity (Wildman–Crippen MR) is 76.0 cm³/mol. The van der Waals surface area contributed by atoms with Gasteiger partial charge in [-0.25, -0.2) is 9.48 Å². The van der Waals surface area contributed by atoms with Gasteiger partial charge in [0.1, 0.15) is 5.69 Å². The first kappa shape index (κ1) is 13.8. The molecular weight excluding hydrogens is 270 g/mol. The Bertz CT molecular complexity index is 618. The highest BCUT2D eigenvalue weighted by Gasteiger charge is 2.22. The van der Waals surface area contributed by atoms with Crippen molar-refractivity contribution in [3.8, 4) is 11.3 Å². The Morgan fingerprint density at radius 2 is 2.19 bits per heavy atom. The highest BCUT2D eigenvalue weighted by molar-refractivity contribution is 5.92. The standard InChI is InChI=1S/C15H17N3O3/c19-15(20)13-14(11-5-2-1-3-6-11)18(17-16-13)9-8-12-7-4-10-21-12/h1-3,5-6,12H,4,7-10H2,(H,19,20). The number of ether oxygens (including phenoxy) is 1. The van der Waals surface area contributed by atoms with Gasteiger partial charge >= 0.3 is 5.97 Å². The zero-order chi connectivity index (χ0) is 14.7. The Labute approximate surface area is 122 Å². The highest BCUT2D eigenvalue weighted by atomic mass is 16.5. The molecule has 0 spiro atoms. The summed E-state index contributed by atoms with van der Waals surface area (Å²) in [4.78, 5) is 11.3. The number of rotatable bonds is 5. The third-order valence-corrected chi connectivity index (χ3v) is 3.67. The lowest BCUT2D eigenvalue weighted by molar-refractivity contribution is 0.0691. The maximum absolute atomic E-state index is 11.3. The molecule has 1 fully saturated rings. The SMILES string of the molecule is O=C(O)c1nnn(CCC2CCCO2)c1-c1ccccc1. The predicted octanol–water partition coefficient (Wildman–Crippen LogP) is 2.21. The van der Waals surface area contributed by atoms with Crippen LogP contribution in [0.5, 0.6) is 0 Å².